The SMILES string of the molecule is O=C(N/N=C\c1cc(O)c(Br)cc1Br)c1cnccn1. The van der Waals surface area contributed by atoms with Crippen LogP contribution in [0.15, 0.2) is 44.8 Å². The van der Waals surface area contributed by atoms with Crippen LogP contribution in [-0.4, -0.2) is 27.2 Å². The average Bonchev–Trinajstić information content (AvgIpc) is 2.45. The maximum absolute atomic E-state index is 11.6. The van der Waals surface area contributed by atoms with Crippen LogP contribution in [0.4, 0.5) is 0 Å². The van der Waals surface area contributed by atoms with Gasteiger partial charge < -0.3 is 5.11 Å². The van der Waals surface area contributed by atoms with Gasteiger partial charge in [-0.1, -0.05) is 15.9 Å². The average molecular weight is 400 g/mol. The molecule has 0 saturated heterocycles. The Morgan fingerprint density at radius 3 is 2.80 bits per heavy atom. The molecular formula is C12H8Br2N4O2. The minimum atomic E-state index is -0.466. The monoisotopic (exact) mass is 398 g/mol. The predicted octanol–water partition coefficient (Wildman–Crippen LogP) is 2.47. The Balaban J connectivity index is 2.08. The van der Waals surface area contributed by atoms with Crippen LogP contribution in [-0.2, 0) is 0 Å². The third kappa shape index (κ3) is 3.61. The number of aromatic hydroxyl groups is 1. The summed E-state index contributed by atoms with van der Waals surface area (Å²) in [6.45, 7) is 0. The number of nitrogens with one attached hydrogen (secondary N) is 1. The maximum Gasteiger partial charge on any atom is 0.291 e. The summed E-state index contributed by atoms with van der Waals surface area (Å²) in [7, 11) is 0. The molecule has 2 N–H and O–H groups in total. The number of aromatic nitrogens is 2. The molecule has 0 atom stereocenters. The Hall–Kier alpha value is -1.80. The van der Waals surface area contributed by atoms with Crippen molar-refractivity contribution in [1.29, 1.82) is 0 Å². The first-order valence-corrected chi connectivity index (χ1v) is 6.94. The summed E-state index contributed by atoms with van der Waals surface area (Å²) < 4.78 is 1.28. The first-order valence-electron chi connectivity index (χ1n) is 5.35. The summed E-state index contributed by atoms with van der Waals surface area (Å²) >= 11 is 6.52. The summed E-state index contributed by atoms with van der Waals surface area (Å²) in [4.78, 5) is 19.3. The molecular weight excluding hydrogens is 392 g/mol. The predicted molar refractivity (Wildman–Crippen MR) is 80.6 cm³/mol. The molecule has 8 heteroatoms. The number of hydrogen-bond acceptors (Lipinski definition) is 5. The quantitative estimate of drug-likeness (QED) is 0.613. The molecule has 0 fully saturated rings. The van der Waals surface area contributed by atoms with E-state index in [1.165, 1.54) is 30.9 Å². The number of benzene rings is 1. The van der Waals surface area contributed by atoms with Crippen molar-refractivity contribution in [2.24, 2.45) is 5.10 Å². The molecule has 0 saturated carbocycles. The number of hydrogen-bond donors (Lipinski definition) is 2. The second-order valence-corrected chi connectivity index (χ2v) is 5.32. The van der Waals surface area contributed by atoms with E-state index in [0.717, 1.165) is 4.47 Å². The molecule has 102 valence electrons. The highest BCUT2D eigenvalue weighted by atomic mass is 79.9. The van der Waals surface area contributed by atoms with Gasteiger partial charge in [0.1, 0.15) is 11.4 Å². The summed E-state index contributed by atoms with van der Waals surface area (Å²) in [6, 6.07) is 3.19. The van der Waals surface area contributed by atoms with Gasteiger partial charge in [0.15, 0.2) is 0 Å². The van der Waals surface area contributed by atoms with Gasteiger partial charge in [0.05, 0.1) is 16.9 Å². The van der Waals surface area contributed by atoms with Crippen molar-refractivity contribution in [2.75, 3.05) is 0 Å². The Bertz CT molecular complexity index is 662. The Morgan fingerprint density at radius 1 is 1.30 bits per heavy atom. The van der Waals surface area contributed by atoms with E-state index in [1.54, 1.807) is 6.07 Å². The number of carbonyl (C=O) groups is 1. The molecule has 6 nitrogen and oxygen atoms in total. The van der Waals surface area contributed by atoms with Gasteiger partial charge in [0.2, 0.25) is 0 Å². The lowest BCUT2D eigenvalue weighted by Gasteiger charge is -2.02. The van der Waals surface area contributed by atoms with E-state index in [-0.39, 0.29) is 11.4 Å². The van der Waals surface area contributed by atoms with Gasteiger partial charge in [-0.05, 0) is 28.1 Å². The number of halogens is 2. The Labute approximate surface area is 131 Å². The van der Waals surface area contributed by atoms with Crippen LogP contribution in [0.25, 0.3) is 0 Å². The topological polar surface area (TPSA) is 87.5 Å². The molecule has 0 aliphatic carbocycles. The van der Waals surface area contributed by atoms with E-state index in [2.05, 4.69) is 52.4 Å². The maximum atomic E-state index is 11.6. The fraction of sp³-hybridized carbons (Fsp3) is 0. The number of phenols is 1. The first-order chi connectivity index (χ1) is 9.58. The number of hydrazone groups is 1. The molecule has 0 aliphatic rings. The molecule has 2 aromatic rings. The summed E-state index contributed by atoms with van der Waals surface area (Å²) in [5.41, 5.74) is 3.11. The molecule has 0 bridgehead atoms. The second-order valence-electron chi connectivity index (χ2n) is 3.61. The van der Waals surface area contributed by atoms with Crippen LogP contribution in [0.2, 0.25) is 0 Å². The standard InChI is InChI=1S/C12H8Br2N4O2/c13-8-4-9(14)11(19)3-7(8)5-17-18-12(20)10-6-15-1-2-16-10/h1-6,19H,(H,18,20)/b17-5-. The fourth-order valence-electron chi connectivity index (χ4n) is 1.29. The third-order valence-corrected chi connectivity index (χ3v) is 3.55. The highest BCUT2D eigenvalue weighted by molar-refractivity contribution is 9.11. The molecule has 1 heterocycles. The largest absolute Gasteiger partial charge is 0.507 e. The lowest BCUT2D eigenvalue weighted by Crippen LogP contribution is -2.19. The third-order valence-electron chi connectivity index (χ3n) is 2.23. The van der Waals surface area contributed by atoms with Gasteiger partial charge in [0.25, 0.3) is 5.91 Å². The van der Waals surface area contributed by atoms with Crippen LogP contribution in [0.1, 0.15) is 16.1 Å². The molecule has 0 aliphatic heterocycles. The van der Waals surface area contributed by atoms with Crippen molar-refractivity contribution in [1.82, 2.24) is 15.4 Å². The lowest BCUT2D eigenvalue weighted by atomic mass is 10.2. The lowest BCUT2D eigenvalue weighted by molar-refractivity contribution is 0.0949. The van der Waals surface area contributed by atoms with Gasteiger partial charge >= 0.3 is 0 Å². The Morgan fingerprint density at radius 2 is 2.10 bits per heavy atom. The first kappa shape index (κ1) is 14.6. The number of phenolic OH excluding ortho intramolecular Hbond substituents is 1. The van der Waals surface area contributed by atoms with Crippen molar-refractivity contribution in [2.45, 2.75) is 0 Å². The summed E-state index contributed by atoms with van der Waals surface area (Å²) in [5, 5.41) is 13.4. The van der Waals surface area contributed by atoms with E-state index >= 15 is 0 Å². The van der Waals surface area contributed by atoms with Gasteiger partial charge in [0, 0.05) is 22.4 Å². The number of carbonyl (C=O) groups excluding carboxylic acids is 1. The molecule has 0 radical (unpaired) electrons. The summed E-state index contributed by atoms with van der Waals surface area (Å²) in [6.07, 6.45) is 5.64. The van der Waals surface area contributed by atoms with Crippen molar-refractivity contribution in [3.8, 4) is 5.75 Å². The van der Waals surface area contributed by atoms with E-state index in [0.29, 0.717) is 10.0 Å². The Kier molecular flexibility index (Phi) is 4.80. The van der Waals surface area contributed by atoms with Crippen molar-refractivity contribution >= 4 is 44.0 Å². The molecule has 1 aromatic heterocycles. The minimum Gasteiger partial charge on any atom is -0.507 e. The van der Waals surface area contributed by atoms with Gasteiger partial charge in [-0.15, -0.1) is 0 Å². The minimum absolute atomic E-state index is 0.0786. The molecule has 20 heavy (non-hydrogen) atoms. The molecule has 1 aromatic carbocycles. The van der Waals surface area contributed by atoms with Crippen LogP contribution < -0.4 is 5.43 Å². The second kappa shape index (κ2) is 6.58. The van der Waals surface area contributed by atoms with Crippen LogP contribution in [0.3, 0.4) is 0 Å². The number of amides is 1. The zero-order chi connectivity index (χ0) is 14.5. The van der Waals surface area contributed by atoms with Crippen LogP contribution in [0.5, 0.6) is 5.75 Å². The fourth-order valence-corrected chi connectivity index (χ4v) is 2.38. The van der Waals surface area contributed by atoms with E-state index in [1.807, 2.05) is 0 Å². The highest BCUT2D eigenvalue weighted by Crippen LogP contribution is 2.29. The molecule has 2 rings (SSSR count). The number of rotatable bonds is 3. The van der Waals surface area contributed by atoms with Crippen molar-refractivity contribution < 1.29 is 9.90 Å². The molecule has 1 amide bonds. The number of nitrogens with zero attached hydrogens (tertiary/aromatic N) is 3. The normalized spacial score (nSPS) is 10.7. The van der Waals surface area contributed by atoms with Gasteiger partial charge in [-0.25, -0.2) is 10.4 Å². The van der Waals surface area contributed by atoms with E-state index < -0.39 is 5.91 Å². The van der Waals surface area contributed by atoms with E-state index in [9.17, 15) is 9.90 Å². The molecule has 0 unspecified atom stereocenters. The van der Waals surface area contributed by atoms with Crippen molar-refractivity contribution in [3.63, 3.8) is 0 Å². The van der Waals surface area contributed by atoms with E-state index in [4.69, 9.17) is 0 Å². The van der Waals surface area contributed by atoms with Crippen molar-refractivity contribution in [3.05, 3.63) is 50.9 Å². The molecule has 0 spiro atoms. The van der Waals surface area contributed by atoms with Gasteiger partial charge in [-0.2, -0.15) is 5.10 Å². The zero-order valence-corrected chi connectivity index (χ0v) is 13.1. The van der Waals surface area contributed by atoms with Crippen LogP contribution in [0, 0.1) is 0 Å². The van der Waals surface area contributed by atoms with Gasteiger partial charge in [-0.3, -0.25) is 9.78 Å². The smallest absolute Gasteiger partial charge is 0.291 e. The zero-order valence-electron chi connectivity index (χ0n) is 9.92. The van der Waals surface area contributed by atoms with Crippen LogP contribution >= 0.6 is 31.9 Å². The highest BCUT2D eigenvalue weighted by Gasteiger charge is 2.06. The summed E-state index contributed by atoms with van der Waals surface area (Å²) in [5.74, 6) is -0.387.